The third-order valence-electron chi connectivity index (χ3n) is 2.56. The SMILES string of the molecule is COCCOCCCNc1cc(C)ccc1[N+](=O)[O-]. The lowest BCUT2D eigenvalue weighted by Crippen LogP contribution is -2.09. The predicted molar refractivity (Wildman–Crippen MR) is 73.6 cm³/mol. The van der Waals surface area contributed by atoms with Crippen molar-refractivity contribution in [1.29, 1.82) is 0 Å². The van der Waals surface area contributed by atoms with Crippen molar-refractivity contribution in [3.63, 3.8) is 0 Å². The lowest BCUT2D eigenvalue weighted by molar-refractivity contribution is -0.384. The summed E-state index contributed by atoms with van der Waals surface area (Å²) in [4.78, 5) is 10.5. The minimum Gasteiger partial charge on any atom is -0.382 e. The largest absolute Gasteiger partial charge is 0.382 e. The van der Waals surface area contributed by atoms with Gasteiger partial charge in [0.2, 0.25) is 0 Å². The number of nitro groups is 1. The minimum absolute atomic E-state index is 0.103. The van der Waals surface area contributed by atoms with Gasteiger partial charge in [-0.05, 0) is 25.0 Å². The summed E-state index contributed by atoms with van der Waals surface area (Å²) < 4.78 is 10.2. The highest BCUT2D eigenvalue weighted by atomic mass is 16.6. The van der Waals surface area contributed by atoms with Gasteiger partial charge in [0.15, 0.2) is 0 Å². The highest BCUT2D eigenvalue weighted by molar-refractivity contribution is 5.62. The molecule has 19 heavy (non-hydrogen) atoms. The van der Waals surface area contributed by atoms with Crippen LogP contribution in [0.3, 0.4) is 0 Å². The number of aryl methyl sites for hydroxylation is 1. The van der Waals surface area contributed by atoms with Gasteiger partial charge in [-0.1, -0.05) is 6.07 Å². The molecule has 0 saturated carbocycles. The van der Waals surface area contributed by atoms with Crippen molar-refractivity contribution in [1.82, 2.24) is 0 Å². The molecule has 1 aromatic rings. The van der Waals surface area contributed by atoms with E-state index in [0.717, 1.165) is 12.0 Å². The van der Waals surface area contributed by atoms with Gasteiger partial charge in [-0.2, -0.15) is 0 Å². The van der Waals surface area contributed by atoms with Crippen molar-refractivity contribution >= 4 is 11.4 Å². The third-order valence-corrected chi connectivity index (χ3v) is 2.56. The van der Waals surface area contributed by atoms with Crippen molar-refractivity contribution in [3.8, 4) is 0 Å². The molecule has 0 bridgehead atoms. The molecule has 6 heteroatoms. The fourth-order valence-corrected chi connectivity index (χ4v) is 1.59. The monoisotopic (exact) mass is 268 g/mol. The number of rotatable bonds is 9. The molecule has 0 amide bonds. The molecule has 6 nitrogen and oxygen atoms in total. The highest BCUT2D eigenvalue weighted by Crippen LogP contribution is 2.24. The Morgan fingerprint density at radius 1 is 1.32 bits per heavy atom. The van der Waals surface area contributed by atoms with Crippen LogP contribution in [0.5, 0.6) is 0 Å². The first-order valence-electron chi connectivity index (χ1n) is 6.20. The van der Waals surface area contributed by atoms with E-state index < -0.39 is 0 Å². The molecule has 0 fully saturated rings. The molecule has 0 aromatic heterocycles. The first kappa shape index (κ1) is 15.4. The number of hydrogen-bond acceptors (Lipinski definition) is 5. The average Bonchev–Trinajstić information content (AvgIpc) is 2.37. The molecule has 1 N–H and O–H groups in total. The first-order chi connectivity index (χ1) is 9.15. The molecule has 0 aliphatic rings. The number of ether oxygens (including phenoxy) is 2. The Balaban J connectivity index is 2.36. The van der Waals surface area contributed by atoms with Gasteiger partial charge in [-0.3, -0.25) is 10.1 Å². The molecule has 0 saturated heterocycles. The van der Waals surface area contributed by atoms with Crippen LogP contribution in [-0.2, 0) is 9.47 Å². The van der Waals surface area contributed by atoms with Crippen LogP contribution in [0.15, 0.2) is 18.2 Å². The number of nitrogens with one attached hydrogen (secondary N) is 1. The summed E-state index contributed by atoms with van der Waals surface area (Å²) in [5.74, 6) is 0. The normalized spacial score (nSPS) is 10.4. The summed E-state index contributed by atoms with van der Waals surface area (Å²) in [6.45, 7) is 4.30. The van der Waals surface area contributed by atoms with Crippen molar-refractivity contribution in [2.75, 3.05) is 38.8 Å². The molecule has 1 aromatic carbocycles. The van der Waals surface area contributed by atoms with E-state index in [1.165, 1.54) is 6.07 Å². The average molecular weight is 268 g/mol. The Hall–Kier alpha value is -1.66. The molecule has 0 aliphatic heterocycles. The molecule has 0 heterocycles. The van der Waals surface area contributed by atoms with Crippen LogP contribution >= 0.6 is 0 Å². The van der Waals surface area contributed by atoms with Crippen LogP contribution in [0.25, 0.3) is 0 Å². The number of benzene rings is 1. The number of hydrogen-bond donors (Lipinski definition) is 1. The van der Waals surface area contributed by atoms with Crippen LogP contribution < -0.4 is 5.32 Å². The van der Waals surface area contributed by atoms with Crippen molar-refractivity contribution < 1.29 is 14.4 Å². The van der Waals surface area contributed by atoms with Gasteiger partial charge < -0.3 is 14.8 Å². The minimum atomic E-state index is -0.378. The van der Waals surface area contributed by atoms with Crippen LogP contribution in [0.1, 0.15) is 12.0 Å². The van der Waals surface area contributed by atoms with Crippen molar-refractivity contribution in [3.05, 3.63) is 33.9 Å². The molecule has 0 radical (unpaired) electrons. The number of anilines is 1. The second kappa shape index (κ2) is 8.44. The van der Waals surface area contributed by atoms with Crippen LogP contribution in [0.2, 0.25) is 0 Å². The molecule has 1 rings (SSSR count). The summed E-state index contributed by atoms with van der Waals surface area (Å²) >= 11 is 0. The molecule has 0 atom stereocenters. The van der Waals surface area contributed by atoms with Gasteiger partial charge in [-0.15, -0.1) is 0 Å². The van der Waals surface area contributed by atoms with Crippen molar-refractivity contribution in [2.24, 2.45) is 0 Å². The van der Waals surface area contributed by atoms with E-state index in [2.05, 4.69) is 5.32 Å². The number of nitro benzene ring substituents is 1. The van der Waals surface area contributed by atoms with E-state index in [9.17, 15) is 10.1 Å². The lowest BCUT2D eigenvalue weighted by Gasteiger charge is -2.08. The fraction of sp³-hybridized carbons (Fsp3) is 0.538. The summed E-state index contributed by atoms with van der Waals surface area (Å²) in [5, 5.41) is 13.9. The van der Waals surface area contributed by atoms with Gasteiger partial charge in [0.1, 0.15) is 5.69 Å². The second-order valence-electron chi connectivity index (χ2n) is 4.16. The van der Waals surface area contributed by atoms with Gasteiger partial charge >= 0.3 is 0 Å². The Morgan fingerprint density at radius 3 is 2.79 bits per heavy atom. The number of methoxy groups -OCH3 is 1. The lowest BCUT2D eigenvalue weighted by atomic mass is 10.2. The smallest absolute Gasteiger partial charge is 0.292 e. The topological polar surface area (TPSA) is 73.6 Å². The standard InChI is InChI=1S/C13H20N2O4/c1-11-4-5-13(15(16)17)12(10-11)14-6-3-7-19-9-8-18-2/h4-5,10,14H,3,6-9H2,1-2H3. The molecule has 106 valence electrons. The van der Waals surface area contributed by atoms with E-state index in [4.69, 9.17) is 9.47 Å². The maximum atomic E-state index is 10.9. The molecular formula is C13H20N2O4. The van der Waals surface area contributed by atoms with Gasteiger partial charge in [0.05, 0.1) is 18.1 Å². The Morgan fingerprint density at radius 2 is 2.11 bits per heavy atom. The van der Waals surface area contributed by atoms with Gasteiger partial charge in [0.25, 0.3) is 5.69 Å². The van der Waals surface area contributed by atoms with Crippen molar-refractivity contribution in [2.45, 2.75) is 13.3 Å². The number of nitrogens with zero attached hydrogens (tertiary/aromatic N) is 1. The summed E-state index contributed by atoms with van der Waals surface area (Å²) in [7, 11) is 1.63. The van der Waals surface area contributed by atoms with Crippen LogP contribution in [0, 0.1) is 17.0 Å². The zero-order valence-corrected chi connectivity index (χ0v) is 11.3. The van der Waals surface area contributed by atoms with E-state index in [1.54, 1.807) is 19.2 Å². The van der Waals surface area contributed by atoms with E-state index in [-0.39, 0.29) is 10.6 Å². The Kier molecular flexibility index (Phi) is 6.84. The molecular weight excluding hydrogens is 248 g/mol. The predicted octanol–water partition coefficient (Wildman–Crippen LogP) is 2.37. The second-order valence-corrected chi connectivity index (χ2v) is 4.16. The Bertz CT molecular complexity index is 410. The zero-order valence-electron chi connectivity index (χ0n) is 11.3. The fourth-order valence-electron chi connectivity index (χ4n) is 1.59. The summed E-state index contributed by atoms with van der Waals surface area (Å²) in [6.07, 6.45) is 0.787. The van der Waals surface area contributed by atoms with E-state index in [1.807, 2.05) is 6.92 Å². The van der Waals surface area contributed by atoms with Gasteiger partial charge in [0, 0.05) is 26.3 Å². The first-order valence-corrected chi connectivity index (χ1v) is 6.20. The van der Waals surface area contributed by atoms with Gasteiger partial charge in [-0.25, -0.2) is 0 Å². The van der Waals surface area contributed by atoms with Crippen LogP contribution in [0.4, 0.5) is 11.4 Å². The molecule has 0 unspecified atom stereocenters. The zero-order chi connectivity index (χ0) is 14.1. The van der Waals surface area contributed by atoms with Crippen LogP contribution in [-0.4, -0.2) is 38.4 Å². The molecule has 0 spiro atoms. The summed E-state index contributed by atoms with van der Waals surface area (Å²) in [5.41, 5.74) is 1.65. The highest BCUT2D eigenvalue weighted by Gasteiger charge is 2.12. The van der Waals surface area contributed by atoms with E-state index in [0.29, 0.717) is 32.1 Å². The maximum absolute atomic E-state index is 10.9. The quantitative estimate of drug-likeness (QED) is 0.423. The molecule has 0 aliphatic carbocycles. The maximum Gasteiger partial charge on any atom is 0.292 e. The third kappa shape index (κ3) is 5.67. The Labute approximate surface area is 112 Å². The summed E-state index contributed by atoms with van der Waals surface area (Å²) in [6, 6.07) is 5.04. The van der Waals surface area contributed by atoms with E-state index >= 15 is 0 Å².